The zero-order chi connectivity index (χ0) is 17.9. The van der Waals surface area contributed by atoms with Gasteiger partial charge in [0.15, 0.2) is 0 Å². The van der Waals surface area contributed by atoms with Crippen LogP contribution in [0.15, 0.2) is 85.1 Å². The van der Waals surface area contributed by atoms with Crippen molar-refractivity contribution in [3.05, 3.63) is 96.2 Å². The normalized spacial score (nSPS) is 10.7. The van der Waals surface area contributed by atoms with Gasteiger partial charge in [-0.15, -0.1) is 0 Å². The summed E-state index contributed by atoms with van der Waals surface area (Å²) >= 11 is 0. The molecule has 0 aliphatic rings. The van der Waals surface area contributed by atoms with E-state index in [4.69, 9.17) is 4.98 Å². The molecule has 4 rings (SSSR count). The Morgan fingerprint density at radius 1 is 0.615 bits per heavy atom. The maximum absolute atomic E-state index is 4.78. The van der Waals surface area contributed by atoms with Crippen LogP contribution in [0.1, 0.15) is 11.1 Å². The first-order valence-corrected chi connectivity index (χ1v) is 8.77. The molecule has 26 heavy (non-hydrogen) atoms. The molecule has 126 valence electrons. The van der Waals surface area contributed by atoms with Crippen molar-refractivity contribution in [3.8, 4) is 33.8 Å². The standard InChI is InChI=1S/C24H20N2/c1-17-9-10-18(2)21(16-17)19-11-13-20(14-12-19)22-7-5-8-24(26-22)23-6-3-4-15-25-23/h3-16H,1-2H3. The van der Waals surface area contributed by atoms with Crippen molar-refractivity contribution in [1.82, 2.24) is 9.97 Å². The lowest BCUT2D eigenvalue weighted by Crippen LogP contribution is -1.90. The molecule has 2 heteroatoms. The van der Waals surface area contributed by atoms with Crippen LogP contribution in [0, 0.1) is 13.8 Å². The minimum Gasteiger partial charge on any atom is -0.255 e. The number of hydrogen-bond acceptors (Lipinski definition) is 2. The minimum atomic E-state index is 0.890. The Kier molecular flexibility index (Phi) is 4.32. The van der Waals surface area contributed by atoms with E-state index in [2.05, 4.69) is 61.3 Å². The fourth-order valence-corrected chi connectivity index (χ4v) is 3.12. The summed E-state index contributed by atoms with van der Waals surface area (Å²) in [5.74, 6) is 0. The predicted molar refractivity (Wildman–Crippen MR) is 108 cm³/mol. The summed E-state index contributed by atoms with van der Waals surface area (Å²) in [6, 6.07) is 27.1. The molecule has 2 heterocycles. The SMILES string of the molecule is Cc1ccc(C)c(-c2ccc(-c3cccc(-c4ccccn4)n3)cc2)c1. The molecule has 0 bridgehead atoms. The quantitative estimate of drug-likeness (QED) is 0.452. The lowest BCUT2D eigenvalue weighted by atomic mass is 9.97. The van der Waals surface area contributed by atoms with Crippen molar-refractivity contribution in [2.75, 3.05) is 0 Å². The molecule has 0 aliphatic carbocycles. The summed E-state index contributed by atoms with van der Waals surface area (Å²) in [5, 5.41) is 0. The van der Waals surface area contributed by atoms with Gasteiger partial charge in [-0.1, -0.05) is 60.2 Å². The van der Waals surface area contributed by atoms with Gasteiger partial charge in [0.1, 0.15) is 0 Å². The second-order valence-corrected chi connectivity index (χ2v) is 6.52. The number of pyridine rings is 2. The molecule has 0 unspecified atom stereocenters. The first-order valence-electron chi connectivity index (χ1n) is 8.77. The number of aromatic nitrogens is 2. The molecule has 0 fully saturated rings. The third-order valence-electron chi connectivity index (χ3n) is 4.56. The predicted octanol–water partition coefficient (Wildman–Crippen LogP) is 6.09. The van der Waals surface area contributed by atoms with E-state index in [1.807, 2.05) is 36.4 Å². The van der Waals surface area contributed by atoms with Gasteiger partial charge in [0.05, 0.1) is 17.1 Å². The molecule has 0 N–H and O–H groups in total. The Morgan fingerprint density at radius 2 is 1.35 bits per heavy atom. The average molecular weight is 336 g/mol. The molecule has 0 aliphatic heterocycles. The Bertz CT molecular complexity index is 1040. The van der Waals surface area contributed by atoms with Gasteiger partial charge in [-0.3, -0.25) is 4.98 Å². The van der Waals surface area contributed by atoms with Crippen molar-refractivity contribution in [1.29, 1.82) is 0 Å². The highest BCUT2D eigenvalue weighted by Gasteiger charge is 2.06. The van der Waals surface area contributed by atoms with Gasteiger partial charge >= 0.3 is 0 Å². The van der Waals surface area contributed by atoms with E-state index in [1.165, 1.54) is 22.3 Å². The lowest BCUT2D eigenvalue weighted by molar-refractivity contribution is 1.25. The van der Waals surface area contributed by atoms with Crippen molar-refractivity contribution < 1.29 is 0 Å². The maximum Gasteiger partial charge on any atom is 0.0893 e. The smallest absolute Gasteiger partial charge is 0.0893 e. The first-order chi connectivity index (χ1) is 12.7. The van der Waals surface area contributed by atoms with Gasteiger partial charge in [-0.05, 0) is 54.8 Å². The third-order valence-corrected chi connectivity index (χ3v) is 4.56. The Morgan fingerprint density at radius 3 is 2.12 bits per heavy atom. The molecule has 0 atom stereocenters. The van der Waals surface area contributed by atoms with Gasteiger partial charge in [-0.25, -0.2) is 4.98 Å². The second kappa shape index (κ2) is 6.93. The van der Waals surface area contributed by atoms with Crippen molar-refractivity contribution in [3.63, 3.8) is 0 Å². The number of rotatable bonds is 3. The van der Waals surface area contributed by atoms with Crippen molar-refractivity contribution in [2.45, 2.75) is 13.8 Å². The zero-order valence-corrected chi connectivity index (χ0v) is 15.0. The van der Waals surface area contributed by atoms with E-state index in [1.54, 1.807) is 6.20 Å². The summed E-state index contributed by atoms with van der Waals surface area (Å²) in [4.78, 5) is 9.18. The molecule has 4 aromatic rings. The molecule has 2 nitrogen and oxygen atoms in total. The van der Waals surface area contributed by atoms with Crippen LogP contribution < -0.4 is 0 Å². The van der Waals surface area contributed by atoms with Crippen LogP contribution in [0.4, 0.5) is 0 Å². The van der Waals surface area contributed by atoms with Crippen molar-refractivity contribution >= 4 is 0 Å². The van der Waals surface area contributed by atoms with Gasteiger partial charge in [-0.2, -0.15) is 0 Å². The summed E-state index contributed by atoms with van der Waals surface area (Å²) < 4.78 is 0. The van der Waals surface area contributed by atoms with Crippen LogP contribution in [0.5, 0.6) is 0 Å². The Labute approximate surface area is 154 Å². The minimum absolute atomic E-state index is 0.890. The largest absolute Gasteiger partial charge is 0.255 e. The van der Waals surface area contributed by atoms with E-state index in [0.717, 1.165) is 22.6 Å². The van der Waals surface area contributed by atoms with E-state index in [9.17, 15) is 0 Å². The molecule has 0 spiro atoms. The molecule has 2 aromatic heterocycles. The highest BCUT2D eigenvalue weighted by Crippen LogP contribution is 2.28. The fraction of sp³-hybridized carbons (Fsp3) is 0.0833. The zero-order valence-electron chi connectivity index (χ0n) is 15.0. The summed E-state index contributed by atoms with van der Waals surface area (Å²) in [6.07, 6.45) is 1.79. The van der Waals surface area contributed by atoms with E-state index < -0.39 is 0 Å². The molecule has 0 amide bonds. The topological polar surface area (TPSA) is 25.8 Å². The van der Waals surface area contributed by atoms with Crippen LogP contribution in [-0.4, -0.2) is 9.97 Å². The van der Waals surface area contributed by atoms with Gasteiger partial charge in [0.2, 0.25) is 0 Å². The lowest BCUT2D eigenvalue weighted by Gasteiger charge is -2.09. The summed E-state index contributed by atoms with van der Waals surface area (Å²) in [7, 11) is 0. The van der Waals surface area contributed by atoms with E-state index in [-0.39, 0.29) is 0 Å². The maximum atomic E-state index is 4.78. The van der Waals surface area contributed by atoms with Crippen molar-refractivity contribution in [2.24, 2.45) is 0 Å². The molecule has 2 aromatic carbocycles. The molecular weight excluding hydrogens is 316 g/mol. The highest BCUT2D eigenvalue weighted by atomic mass is 14.8. The molecule has 0 radical (unpaired) electrons. The van der Waals surface area contributed by atoms with Crippen LogP contribution in [0.25, 0.3) is 33.8 Å². The summed E-state index contributed by atoms with van der Waals surface area (Å²) in [5.41, 5.74) is 8.93. The van der Waals surface area contributed by atoms with Crippen LogP contribution >= 0.6 is 0 Å². The number of aryl methyl sites for hydroxylation is 2. The number of hydrogen-bond donors (Lipinski definition) is 0. The number of benzene rings is 2. The fourth-order valence-electron chi connectivity index (χ4n) is 3.12. The third kappa shape index (κ3) is 3.27. The molecule has 0 saturated heterocycles. The van der Waals surface area contributed by atoms with Gasteiger partial charge < -0.3 is 0 Å². The van der Waals surface area contributed by atoms with Crippen LogP contribution in [0.3, 0.4) is 0 Å². The monoisotopic (exact) mass is 336 g/mol. The second-order valence-electron chi connectivity index (χ2n) is 6.52. The van der Waals surface area contributed by atoms with Crippen LogP contribution in [0.2, 0.25) is 0 Å². The summed E-state index contributed by atoms with van der Waals surface area (Å²) in [6.45, 7) is 4.28. The van der Waals surface area contributed by atoms with Gasteiger partial charge in [0, 0.05) is 11.8 Å². The Hall–Kier alpha value is -3.26. The van der Waals surface area contributed by atoms with E-state index >= 15 is 0 Å². The average Bonchev–Trinajstić information content (AvgIpc) is 2.71. The Balaban J connectivity index is 1.68. The first kappa shape index (κ1) is 16.2. The molecular formula is C24H20N2. The van der Waals surface area contributed by atoms with Gasteiger partial charge in [0.25, 0.3) is 0 Å². The van der Waals surface area contributed by atoms with E-state index in [0.29, 0.717) is 0 Å². The number of nitrogens with zero attached hydrogens (tertiary/aromatic N) is 2. The van der Waals surface area contributed by atoms with Crippen LogP contribution in [-0.2, 0) is 0 Å². The molecule has 0 saturated carbocycles. The highest BCUT2D eigenvalue weighted by molar-refractivity contribution is 5.72.